The van der Waals surface area contributed by atoms with Crippen LogP contribution in [0.15, 0.2) is 18.2 Å². The summed E-state index contributed by atoms with van der Waals surface area (Å²) in [5, 5.41) is 5.69. The topological polar surface area (TPSA) is 61.4 Å². The number of aryl methyl sites for hydroxylation is 1. The molecule has 0 radical (unpaired) electrons. The smallest absolute Gasteiger partial charge is 0.319 e. The SMILES string of the molecule is Cc1ccc(NC(=O)NC(C)(C)C)cc1N1CCCCC1=O. The van der Waals surface area contributed by atoms with Crippen molar-refractivity contribution in [1.82, 2.24) is 5.32 Å². The van der Waals surface area contributed by atoms with Crippen LogP contribution in [-0.4, -0.2) is 24.0 Å². The third-order valence-corrected chi connectivity index (χ3v) is 3.57. The lowest BCUT2D eigenvalue weighted by Gasteiger charge is -2.28. The molecule has 1 saturated heterocycles. The zero-order chi connectivity index (χ0) is 16.3. The van der Waals surface area contributed by atoms with Crippen LogP contribution in [-0.2, 0) is 4.79 Å². The number of carbonyl (C=O) groups is 2. The molecule has 0 aromatic heterocycles. The molecule has 1 heterocycles. The van der Waals surface area contributed by atoms with E-state index >= 15 is 0 Å². The van der Waals surface area contributed by atoms with E-state index in [-0.39, 0.29) is 17.5 Å². The van der Waals surface area contributed by atoms with Gasteiger partial charge in [-0.3, -0.25) is 4.79 Å². The minimum Gasteiger partial charge on any atom is -0.333 e. The monoisotopic (exact) mass is 303 g/mol. The molecule has 0 spiro atoms. The van der Waals surface area contributed by atoms with Crippen molar-refractivity contribution in [2.45, 2.75) is 52.5 Å². The van der Waals surface area contributed by atoms with E-state index in [4.69, 9.17) is 0 Å². The average molecular weight is 303 g/mol. The summed E-state index contributed by atoms with van der Waals surface area (Å²) in [6.07, 6.45) is 2.58. The summed E-state index contributed by atoms with van der Waals surface area (Å²) >= 11 is 0. The number of amides is 3. The van der Waals surface area contributed by atoms with Gasteiger partial charge in [0.2, 0.25) is 5.91 Å². The van der Waals surface area contributed by atoms with Gasteiger partial charge in [0, 0.05) is 29.9 Å². The number of carbonyl (C=O) groups excluding carboxylic acids is 2. The highest BCUT2D eigenvalue weighted by Gasteiger charge is 2.21. The summed E-state index contributed by atoms with van der Waals surface area (Å²) in [5.41, 5.74) is 2.33. The number of piperidine rings is 1. The predicted molar refractivity (Wildman–Crippen MR) is 89.3 cm³/mol. The van der Waals surface area contributed by atoms with E-state index in [1.807, 2.05) is 50.8 Å². The van der Waals surface area contributed by atoms with Gasteiger partial charge < -0.3 is 15.5 Å². The number of nitrogens with zero attached hydrogens (tertiary/aromatic N) is 1. The molecule has 2 rings (SSSR count). The Kier molecular flexibility index (Phi) is 4.74. The molecule has 0 unspecified atom stereocenters. The van der Waals surface area contributed by atoms with Crippen LogP contribution in [0.25, 0.3) is 0 Å². The maximum atomic E-state index is 12.1. The molecule has 0 saturated carbocycles. The third-order valence-electron chi connectivity index (χ3n) is 3.57. The second-order valence-corrected chi connectivity index (χ2v) is 6.83. The van der Waals surface area contributed by atoms with Crippen molar-refractivity contribution in [3.8, 4) is 0 Å². The summed E-state index contributed by atoms with van der Waals surface area (Å²) in [5.74, 6) is 0.158. The van der Waals surface area contributed by atoms with Gasteiger partial charge in [-0.25, -0.2) is 4.79 Å². The van der Waals surface area contributed by atoms with Crippen molar-refractivity contribution >= 4 is 23.3 Å². The summed E-state index contributed by atoms with van der Waals surface area (Å²) in [7, 11) is 0. The lowest BCUT2D eigenvalue weighted by molar-refractivity contribution is -0.119. The Balaban J connectivity index is 2.16. The molecule has 22 heavy (non-hydrogen) atoms. The zero-order valence-corrected chi connectivity index (χ0v) is 13.8. The van der Waals surface area contributed by atoms with Crippen LogP contribution >= 0.6 is 0 Å². The van der Waals surface area contributed by atoms with Crippen molar-refractivity contribution < 1.29 is 9.59 Å². The van der Waals surface area contributed by atoms with Crippen LogP contribution in [0, 0.1) is 6.92 Å². The fourth-order valence-electron chi connectivity index (χ4n) is 2.54. The zero-order valence-electron chi connectivity index (χ0n) is 13.8. The Morgan fingerprint density at radius 1 is 1.23 bits per heavy atom. The molecule has 1 fully saturated rings. The number of hydrogen-bond acceptors (Lipinski definition) is 2. The Hall–Kier alpha value is -2.04. The summed E-state index contributed by atoms with van der Waals surface area (Å²) < 4.78 is 0. The fourth-order valence-corrected chi connectivity index (χ4v) is 2.54. The molecule has 1 aliphatic heterocycles. The number of anilines is 2. The molecule has 2 N–H and O–H groups in total. The highest BCUT2D eigenvalue weighted by atomic mass is 16.2. The van der Waals surface area contributed by atoms with E-state index in [0.29, 0.717) is 12.1 Å². The van der Waals surface area contributed by atoms with Gasteiger partial charge in [0.1, 0.15) is 0 Å². The predicted octanol–water partition coefficient (Wildman–Crippen LogP) is 3.43. The molecule has 0 aliphatic carbocycles. The molecule has 0 bridgehead atoms. The van der Waals surface area contributed by atoms with Crippen LogP contribution in [0.5, 0.6) is 0 Å². The molecule has 1 aliphatic rings. The number of benzene rings is 1. The van der Waals surface area contributed by atoms with Gasteiger partial charge in [0.05, 0.1) is 0 Å². The number of rotatable bonds is 2. The van der Waals surface area contributed by atoms with Crippen molar-refractivity contribution in [3.05, 3.63) is 23.8 Å². The van der Waals surface area contributed by atoms with Crippen LogP contribution in [0.4, 0.5) is 16.2 Å². The van der Waals surface area contributed by atoms with Crippen molar-refractivity contribution in [3.63, 3.8) is 0 Å². The standard InChI is InChI=1S/C17H25N3O2/c1-12-8-9-13(18-16(22)19-17(2,3)4)11-14(12)20-10-6-5-7-15(20)21/h8-9,11H,5-7,10H2,1-4H3,(H2,18,19,22). The van der Waals surface area contributed by atoms with E-state index in [9.17, 15) is 9.59 Å². The van der Waals surface area contributed by atoms with Gasteiger partial charge in [0.25, 0.3) is 0 Å². The fraction of sp³-hybridized carbons (Fsp3) is 0.529. The largest absolute Gasteiger partial charge is 0.333 e. The second kappa shape index (κ2) is 6.38. The Morgan fingerprint density at radius 3 is 2.59 bits per heavy atom. The summed E-state index contributed by atoms with van der Waals surface area (Å²) in [6, 6.07) is 5.42. The molecular weight excluding hydrogens is 278 g/mol. The van der Waals surface area contributed by atoms with Gasteiger partial charge in [-0.1, -0.05) is 6.07 Å². The number of urea groups is 1. The molecule has 1 aromatic carbocycles. The highest BCUT2D eigenvalue weighted by Crippen LogP contribution is 2.27. The lowest BCUT2D eigenvalue weighted by atomic mass is 10.1. The molecule has 0 atom stereocenters. The van der Waals surface area contributed by atoms with E-state index in [1.54, 1.807) is 0 Å². The Morgan fingerprint density at radius 2 is 1.95 bits per heavy atom. The maximum absolute atomic E-state index is 12.1. The minimum atomic E-state index is -0.291. The molecule has 5 nitrogen and oxygen atoms in total. The van der Waals surface area contributed by atoms with E-state index < -0.39 is 0 Å². The maximum Gasteiger partial charge on any atom is 0.319 e. The summed E-state index contributed by atoms with van der Waals surface area (Å²) in [6.45, 7) is 8.52. The number of hydrogen-bond donors (Lipinski definition) is 2. The van der Waals surface area contributed by atoms with Crippen LogP contribution < -0.4 is 15.5 Å². The molecular formula is C17H25N3O2. The summed E-state index contributed by atoms with van der Waals surface area (Å²) in [4.78, 5) is 25.9. The molecule has 120 valence electrons. The van der Waals surface area contributed by atoms with Crippen LogP contribution in [0.3, 0.4) is 0 Å². The molecule has 3 amide bonds. The van der Waals surface area contributed by atoms with E-state index in [1.165, 1.54) is 0 Å². The first-order valence-electron chi connectivity index (χ1n) is 7.76. The van der Waals surface area contributed by atoms with Crippen molar-refractivity contribution in [1.29, 1.82) is 0 Å². The van der Waals surface area contributed by atoms with Gasteiger partial charge in [-0.05, 0) is 58.2 Å². The second-order valence-electron chi connectivity index (χ2n) is 6.83. The Bertz CT molecular complexity index is 576. The highest BCUT2D eigenvalue weighted by molar-refractivity contribution is 5.96. The first-order chi connectivity index (χ1) is 10.3. The lowest BCUT2D eigenvalue weighted by Crippen LogP contribution is -2.43. The van der Waals surface area contributed by atoms with Crippen molar-refractivity contribution in [2.24, 2.45) is 0 Å². The first-order valence-corrected chi connectivity index (χ1v) is 7.76. The van der Waals surface area contributed by atoms with Crippen molar-refractivity contribution in [2.75, 3.05) is 16.8 Å². The van der Waals surface area contributed by atoms with E-state index in [0.717, 1.165) is 30.6 Å². The van der Waals surface area contributed by atoms with Gasteiger partial charge in [-0.15, -0.1) is 0 Å². The molecule has 5 heteroatoms. The van der Waals surface area contributed by atoms with Crippen LogP contribution in [0.2, 0.25) is 0 Å². The Labute approximate surface area is 132 Å². The van der Waals surface area contributed by atoms with E-state index in [2.05, 4.69) is 10.6 Å². The number of nitrogens with one attached hydrogen (secondary N) is 2. The normalized spacial score (nSPS) is 15.6. The van der Waals surface area contributed by atoms with Gasteiger partial charge in [-0.2, -0.15) is 0 Å². The van der Waals surface area contributed by atoms with Gasteiger partial charge in [0.15, 0.2) is 0 Å². The first kappa shape index (κ1) is 16.3. The minimum absolute atomic E-state index is 0.158. The third kappa shape index (κ3) is 4.23. The average Bonchev–Trinajstić information content (AvgIpc) is 2.39. The van der Waals surface area contributed by atoms with Crippen LogP contribution in [0.1, 0.15) is 45.6 Å². The molecule has 1 aromatic rings. The quantitative estimate of drug-likeness (QED) is 0.879. The van der Waals surface area contributed by atoms with Gasteiger partial charge >= 0.3 is 6.03 Å².